The fourth-order valence-electron chi connectivity index (χ4n) is 13.8. The van der Waals surface area contributed by atoms with Crippen LogP contribution in [0.1, 0.15) is 192 Å². The third-order valence-electron chi connectivity index (χ3n) is 17.7. The Balaban J connectivity index is 0.000000119. The number of Topliss-reactive ketones (excluding diaryl/α,β-unsaturated/α-hetero) is 8. The van der Waals surface area contributed by atoms with Gasteiger partial charge in [0.05, 0.1) is 0 Å². The molecular formula is C64H72O8. The molecular weight excluding hydrogens is 897 g/mol. The Labute approximate surface area is 425 Å². The summed E-state index contributed by atoms with van der Waals surface area (Å²) in [7, 11) is 0. The monoisotopic (exact) mass is 969 g/mol. The highest BCUT2D eigenvalue weighted by atomic mass is 16.2. The average molecular weight is 969 g/mol. The van der Waals surface area contributed by atoms with E-state index in [0.29, 0.717) is 48.8 Å². The van der Waals surface area contributed by atoms with Gasteiger partial charge in [-0.05, 0) is 125 Å². The number of benzene rings is 4. The maximum Gasteiger partial charge on any atom is 0.166 e. The molecule has 0 N–H and O–H groups in total. The van der Waals surface area contributed by atoms with Gasteiger partial charge in [0.25, 0.3) is 0 Å². The summed E-state index contributed by atoms with van der Waals surface area (Å²) in [4.78, 5) is 98.0. The molecule has 8 aliphatic rings. The fraction of sp³-hybridized carbons (Fsp3) is 0.500. The van der Waals surface area contributed by atoms with E-state index in [1.807, 2.05) is 97.1 Å². The van der Waals surface area contributed by atoms with Crippen molar-refractivity contribution in [2.75, 3.05) is 0 Å². The lowest BCUT2D eigenvalue weighted by Gasteiger charge is -2.31. The van der Waals surface area contributed by atoms with Crippen molar-refractivity contribution in [2.24, 2.45) is 47.3 Å². The maximum atomic E-state index is 12.5. The van der Waals surface area contributed by atoms with Gasteiger partial charge >= 0.3 is 0 Å². The summed E-state index contributed by atoms with van der Waals surface area (Å²) < 4.78 is 0. The van der Waals surface area contributed by atoms with Crippen LogP contribution in [0.4, 0.5) is 0 Å². The molecule has 0 amide bonds. The van der Waals surface area contributed by atoms with E-state index in [1.54, 1.807) is 0 Å². The Kier molecular flexibility index (Phi) is 16.9. The first-order chi connectivity index (χ1) is 35.1. The lowest BCUT2D eigenvalue weighted by atomic mass is 9.70. The summed E-state index contributed by atoms with van der Waals surface area (Å²) >= 11 is 0. The van der Waals surface area contributed by atoms with Crippen LogP contribution in [-0.4, -0.2) is 46.3 Å². The van der Waals surface area contributed by atoms with Crippen LogP contribution in [0.2, 0.25) is 0 Å². The first kappa shape index (κ1) is 51.2. The van der Waals surface area contributed by atoms with Crippen LogP contribution in [0.3, 0.4) is 0 Å². The summed E-state index contributed by atoms with van der Waals surface area (Å²) in [5, 5.41) is 0. The first-order valence-electron chi connectivity index (χ1n) is 27.7. The van der Waals surface area contributed by atoms with Gasteiger partial charge in [0, 0.05) is 95.3 Å². The van der Waals surface area contributed by atoms with Crippen LogP contribution in [-0.2, 0) is 44.9 Å². The smallest absolute Gasteiger partial charge is 0.166 e. The third kappa shape index (κ3) is 11.4. The van der Waals surface area contributed by atoms with Crippen molar-refractivity contribution in [1.82, 2.24) is 0 Å². The molecule has 4 aromatic carbocycles. The van der Waals surface area contributed by atoms with Gasteiger partial charge in [0.2, 0.25) is 0 Å². The lowest BCUT2D eigenvalue weighted by Crippen LogP contribution is -2.35. The van der Waals surface area contributed by atoms with E-state index in [1.165, 1.54) is 0 Å². The SMILES string of the molecule is O=C1CCCC[C@@H]1[C@H]1CCc2ccccc2C1=O.O=C1CCCC[C@@H]1[C@H]1CCc2ccccc2C1=O.O=C1CCCC[C@H]1[C@@H]1CCc2ccccc2C1=O.O=C1CCCC[C@H]1[C@@H]1CCc2ccccc2C1=O. The average Bonchev–Trinajstić information content (AvgIpc) is 3.41. The number of ketones is 8. The van der Waals surface area contributed by atoms with Gasteiger partial charge in [-0.1, -0.05) is 123 Å². The standard InChI is InChI=1S/4C16H18O2/c4*17-15-8-4-3-7-13(15)14-10-9-11-5-1-2-6-12(11)16(14)18/h4*1-2,5-6,13-14H,3-4,7-10H2/t4*13-,14-/m1100/s1. The second kappa shape index (κ2) is 23.9. The van der Waals surface area contributed by atoms with Crippen molar-refractivity contribution >= 4 is 46.3 Å². The molecule has 8 aliphatic carbocycles. The summed E-state index contributed by atoms with van der Waals surface area (Å²) in [6.45, 7) is 0. The number of carbonyl (C=O) groups is 8. The van der Waals surface area contributed by atoms with E-state index in [9.17, 15) is 38.4 Å². The van der Waals surface area contributed by atoms with Crippen LogP contribution in [0, 0.1) is 47.3 Å². The van der Waals surface area contributed by atoms with E-state index in [4.69, 9.17) is 0 Å². The number of aryl methyl sites for hydroxylation is 4. The van der Waals surface area contributed by atoms with Crippen LogP contribution in [0.25, 0.3) is 0 Å². The Bertz CT molecular complexity index is 2320. The third-order valence-corrected chi connectivity index (χ3v) is 17.7. The van der Waals surface area contributed by atoms with Crippen molar-refractivity contribution in [1.29, 1.82) is 0 Å². The fourth-order valence-corrected chi connectivity index (χ4v) is 13.8. The zero-order valence-electron chi connectivity index (χ0n) is 42.1. The lowest BCUT2D eigenvalue weighted by molar-refractivity contribution is -0.126. The van der Waals surface area contributed by atoms with Crippen molar-refractivity contribution in [2.45, 2.75) is 154 Å². The van der Waals surface area contributed by atoms with Gasteiger partial charge in [-0.25, -0.2) is 0 Å². The molecule has 0 spiro atoms. The summed E-state index contributed by atoms with van der Waals surface area (Å²) in [6.07, 6.45) is 22.0. The minimum absolute atomic E-state index is 0.000365. The molecule has 4 saturated carbocycles. The second-order valence-corrected chi connectivity index (χ2v) is 21.9. The number of fused-ring (bicyclic) bond motifs is 4. The van der Waals surface area contributed by atoms with Crippen molar-refractivity contribution in [3.05, 3.63) is 142 Å². The quantitative estimate of drug-likeness (QED) is 0.197. The van der Waals surface area contributed by atoms with E-state index in [2.05, 4.69) is 0 Å². The molecule has 0 bridgehead atoms. The topological polar surface area (TPSA) is 137 Å². The largest absolute Gasteiger partial charge is 0.299 e. The van der Waals surface area contributed by atoms with Gasteiger partial charge in [0.1, 0.15) is 23.1 Å². The number of hydrogen-bond donors (Lipinski definition) is 0. The number of rotatable bonds is 4. The molecule has 0 radical (unpaired) electrons. The predicted molar refractivity (Wildman–Crippen MR) is 278 cm³/mol. The highest BCUT2D eigenvalue weighted by Crippen LogP contribution is 2.40. The van der Waals surface area contributed by atoms with E-state index >= 15 is 0 Å². The van der Waals surface area contributed by atoms with Crippen molar-refractivity contribution in [3.63, 3.8) is 0 Å². The molecule has 8 heteroatoms. The highest BCUT2D eigenvalue weighted by Gasteiger charge is 2.41. The normalized spacial score (nSPS) is 28.0. The number of carbonyl (C=O) groups excluding carboxylic acids is 8. The minimum atomic E-state index is -0.0484. The Morgan fingerprint density at radius 3 is 0.639 bits per heavy atom. The molecule has 0 unspecified atom stereocenters. The van der Waals surface area contributed by atoms with Gasteiger partial charge in [0.15, 0.2) is 23.1 Å². The van der Waals surface area contributed by atoms with Gasteiger partial charge < -0.3 is 0 Å². The molecule has 0 saturated heterocycles. The summed E-state index contributed by atoms with van der Waals surface area (Å²) in [5.41, 5.74) is 8.03. The van der Waals surface area contributed by atoms with E-state index < -0.39 is 0 Å². The van der Waals surface area contributed by atoms with Gasteiger partial charge in [-0.2, -0.15) is 0 Å². The van der Waals surface area contributed by atoms with E-state index in [-0.39, 0.29) is 70.5 Å². The van der Waals surface area contributed by atoms with Crippen molar-refractivity contribution in [3.8, 4) is 0 Å². The predicted octanol–water partition coefficient (Wildman–Crippen LogP) is 12.8. The number of hydrogen-bond acceptors (Lipinski definition) is 8. The molecule has 8 atom stereocenters. The van der Waals surface area contributed by atoms with Crippen LogP contribution >= 0.6 is 0 Å². The van der Waals surface area contributed by atoms with Gasteiger partial charge in [-0.15, -0.1) is 0 Å². The molecule has 376 valence electrons. The second-order valence-electron chi connectivity index (χ2n) is 21.9. The Morgan fingerprint density at radius 2 is 0.431 bits per heavy atom. The molecule has 0 aromatic heterocycles. The molecule has 0 aliphatic heterocycles. The van der Waals surface area contributed by atoms with Crippen LogP contribution in [0.5, 0.6) is 0 Å². The highest BCUT2D eigenvalue weighted by molar-refractivity contribution is 6.05. The maximum absolute atomic E-state index is 12.5. The first-order valence-corrected chi connectivity index (χ1v) is 27.7. The molecule has 8 nitrogen and oxygen atoms in total. The summed E-state index contributed by atoms with van der Waals surface area (Å²) in [6, 6.07) is 31.4. The molecule has 4 aromatic rings. The molecule has 4 fully saturated rings. The Hall–Kier alpha value is -5.76. The zero-order chi connectivity index (χ0) is 50.1. The summed E-state index contributed by atoms with van der Waals surface area (Å²) in [5.74, 6) is 1.90. The Morgan fingerprint density at radius 1 is 0.222 bits per heavy atom. The van der Waals surface area contributed by atoms with Crippen molar-refractivity contribution < 1.29 is 38.4 Å². The molecule has 12 rings (SSSR count). The molecule has 0 heterocycles. The molecule has 72 heavy (non-hydrogen) atoms. The zero-order valence-corrected chi connectivity index (χ0v) is 42.1. The van der Waals surface area contributed by atoms with E-state index in [0.717, 1.165) is 173 Å². The van der Waals surface area contributed by atoms with Crippen LogP contribution < -0.4 is 0 Å². The van der Waals surface area contributed by atoms with Crippen LogP contribution in [0.15, 0.2) is 97.1 Å². The minimum Gasteiger partial charge on any atom is -0.299 e. The van der Waals surface area contributed by atoms with Gasteiger partial charge in [-0.3, -0.25) is 38.4 Å².